The van der Waals surface area contributed by atoms with E-state index in [1.165, 1.54) is 0 Å². The highest BCUT2D eigenvalue weighted by molar-refractivity contribution is 7.92. The number of nitrogens with zero attached hydrogens (tertiary/aromatic N) is 2. The van der Waals surface area contributed by atoms with Crippen LogP contribution in [0.4, 0.5) is 11.4 Å². The zero-order chi connectivity index (χ0) is 23.4. The minimum absolute atomic E-state index is 0.0566. The molecular formula is C26H25N3O3S. The topological polar surface area (TPSA) is 90.3 Å². The van der Waals surface area contributed by atoms with Crippen LogP contribution in [0.5, 0.6) is 0 Å². The first kappa shape index (κ1) is 22.6. The van der Waals surface area contributed by atoms with Crippen LogP contribution in [0.3, 0.4) is 0 Å². The first-order valence-corrected chi connectivity index (χ1v) is 12.4. The fourth-order valence-electron chi connectivity index (χ4n) is 4.12. The Hall–Kier alpha value is -3.63. The van der Waals surface area contributed by atoms with E-state index in [1.807, 2.05) is 24.3 Å². The van der Waals surface area contributed by atoms with Gasteiger partial charge < -0.3 is 4.90 Å². The Bertz CT molecular complexity index is 1300. The lowest BCUT2D eigenvalue weighted by molar-refractivity contribution is -0.118. The van der Waals surface area contributed by atoms with E-state index in [2.05, 4.69) is 17.7 Å². The van der Waals surface area contributed by atoms with Gasteiger partial charge in [0.05, 0.1) is 27.9 Å². The smallest absolute Gasteiger partial charge is 0.261 e. The van der Waals surface area contributed by atoms with E-state index in [0.717, 1.165) is 17.5 Å². The second-order valence-electron chi connectivity index (χ2n) is 8.21. The summed E-state index contributed by atoms with van der Waals surface area (Å²) in [7, 11) is -3.79. The maximum Gasteiger partial charge on any atom is 0.261 e. The minimum atomic E-state index is -3.79. The van der Waals surface area contributed by atoms with Gasteiger partial charge in [-0.05, 0) is 60.2 Å². The number of aryl methyl sites for hydroxylation is 1. The van der Waals surface area contributed by atoms with Gasteiger partial charge in [-0.2, -0.15) is 5.26 Å². The molecule has 1 N–H and O–H groups in total. The highest BCUT2D eigenvalue weighted by Gasteiger charge is 2.30. The van der Waals surface area contributed by atoms with Gasteiger partial charge >= 0.3 is 0 Å². The Morgan fingerprint density at radius 2 is 1.79 bits per heavy atom. The Labute approximate surface area is 194 Å². The van der Waals surface area contributed by atoms with Crippen molar-refractivity contribution in [2.45, 2.75) is 37.0 Å². The van der Waals surface area contributed by atoms with Crippen molar-refractivity contribution in [2.75, 3.05) is 16.2 Å². The van der Waals surface area contributed by atoms with E-state index in [9.17, 15) is 13.2 Å². The fraction of sp³-hybridized carbons (Fsp3) is 0.231. The van der Waals surface area contributed by atoms with Crippen molar-refractivity contribution in [2.24, 2.45) is 0 Å². The summed E-state index contributed by atoms with van der Waals surface area (Å²) in [6.07, 6.45) is 1.65. The van der Waals surface area contributed by atoms with Crippen molar-refractivity contribution < 1.29 is 13.2 Å². The number of carbonyl (C=O) groups excluding carboxylic acids is 1. The maximum absolute atomic E-state index is 13.2. The summed E-state index contributed by atoms with van der Waals surface area (Å²) in [5.41, 5.74) is 3.57. The average molecular weight is 460 g/mol. The first-order valence-electron chi connectivity index (χ1n) is 10.9. The van der Waals surface area contributed by atoms with E-state index in [-0.39, 0.29) is 16.7 Å². The molecule has 0 radical (unpaired) electrons. The van der Waals surface area contributed by atoms with Crippen molar-refractivity contribution in [1.82, 2.24) is 0 Å². The summed E-state index contributed by atoms with van der Waals surface area (Å²) in [5.74, 6) is 0.155. The third-order valence-corrected chi connectivity index (χ3v) is 7.34. The molecule has 3 aromatic carbocycles. The van der Waals surface area contributed by atoms with Crippen LogP contribution in [0.2, 0.25) is 0 Å². The van der Waals surface area contributed by atoms with Gasteiger partial charge in [0, 0.05) is 13.0 Å². The molecule has 0 fully saturated rings. The molecule has 6 nitrogen and oxygen atoms in total. The number of benzene rings is 3. The molecule has 1 aliphatic heterocycles. The number of carbonyl (C=O) groups is 1. The number of hydrogen-bond donors (Lipinski definition) is 1. The summed E-state index contributed by atoms with van der Waals surface area (Å²) >= 11 is 0. The third kappa shape index (κ3) is 4.91. The largest absolute Gasteiger partial charge is 0.310 e. The molecule has 0 spiro atoms. The van der Waals surface area contributed by atoms with E-state index >= 15 is 0 Å². The van der Waals surface area contributed by atoms with Crippen molar-refractivity contribution in [3.05, 3.63) is 89.5 Å². The van der Waals surface area contributed by atoms with E-state index in [4.69, 9.17) is 5.26 Å². The molecule has 0 aromatic heterocycles. The predicted molar refractivity (Wildman–Crippen MR) is 129 cm³/mol. The first-order chi connectivity index (χ1) is 15.9. The van der Waals surface area contributed by atoms with Crippen LogP contribution in [0.1, 0.15) is 42.4 Å². The molecule has 0 bridgehead atoms. The molecule has 0 aliphatic carbocycles. The molecule has 1 unspecified atom stereocenters. The number of hydrogen-bond acceptors (Lipinski definition) is 4. The molecule has 1 amide bonds. The van der Waals surface area contributed by atoms with E-state index in [0.29, 0.717) is 36.3 Å². The lowest BCUT2D eigenvalue weighted by atomic mass is 9.90. The second-order valence-corrected chi connectivity index (χ2v) is 9.89. The highest BCUT2D eigenvalue weighted by atomic mass is 32.2. The Balaban J connectivity index is 1.60. The predicted octanol–water partition coefficient (Wildman–Crippen LogP) is 4.83. The average Bonchev–Trinajstić information content (AvgIpc) is 2.84. The molecule has 7 heteroatoms. The van der Waals surface area contributed by atoms with Crippen LogP contribution in [0.25, 0.3) is 0 Å². The van der Waals surface area contributed by atoms with Crippen LogP contribution in [0, 0.1) is 11.3 Å². The Morgan fingerprint density at radius 1 is 1.06 bits per heavy atom. The van der Waals surface area contributed by atoms with E-state index in [1.54, 1.807) is 53.4 Å². The van der Waals surface area contributed by atoms with Crippen molar-refractivity contribution in [3.63, 3.8) is 0 Å². The van der Waals surface area contributed by atoms with Gasteiger partial charge in [-0.3, -0.25) is 9.52 Å². The van der Waals surface area contributed by atoms with Gasteiger partial charge in [0.15, 0.2) is 0 Å². The molecule has 1 aliphatic rings. The fourth-order valence-corrected chi connectivity index (χ4v) is 5.21. The molecule has 3 aromatic rings. The summed E-state index contributed by atoms with van der Waals surface area (Å²) in [6.45, 7) is 2.62. The van der Waals surface area contributed by atoms with Gasteiger partial charge in [-0.15, -0.1) is 0 Å². The number of anilines is 2. The zero-order valence-electron chi connectivity index (χ0n) is 18.4. The standard InChI is InChI=1S/C26H25N3O3S/c1-19-16-17-29(25(30)15-14-20-10-12-21(18-27)13-11-20)26-23(19)8-5-9-24(26)28-33(31,32)22-6-3-2-4-7-22/h2-13,19,28H,14-17H2,1H3. The highest BCUT2D eigenvalue weighted by Crippen LogP contribution is 2.41. The maximum atomic E-state index is 13.2. The van der Waals surface area contributed by atoms with Crippen molar-refractivity contribution in [1.29, 1.82) is 5.26 Å². The second kappa shape index (κ2) is 9.47. The molecule has 0 saturated carbocycles. The molecule has 1 atom stereocenters. The monoisotopic (exact) mass is 459 g/mol. The number of sulfonamides is 1. The summed E-state index contributed by atoms with van der Waals surface area (Å²) in [5, 5.41) is 8.95. The van der Waals surface area contributed by atoms with Crippen LogP contribution in [-0.4, -0.2) is 20.9 Å². The Morgan fingerprint density at radius 3 is 2.48 bits per heavy atom. The summed E-state index contributed by atoms with van der Waals surface area (Å²) in [4.78, 5) is 15.1. The van der Waals surface area contributed by atoms with Gasteiger partial charge in [0.2, 0.25) is 5.91 Å². The van der Waals surface area contributed by atoms with Crippen LogP contribution >= 0.6 is 0 Å². The quantitative estimate of drug-likeness (QED) is 0.572. The molecular weight excluding hydrogens is 434 g/mol. The van der Waals surface area contributed by atoms with Gasteiger partial charge in [0.1, 0.15) is 0 Å². The molecule has 4 rings (SSSR count). The molecule has 0 saturated heterocycles. The SMILES string of the molecule is CC1CCN(C(=O)CCc2ccc(C#N)cc2)c2c(NS(=O)(=O)c3ccccc3)cccc21. The van der Waals surface area contributed by atoms with Crippen LogP contribution in [-0.2, 0) is 21.2 Å². The lowest BCUT2D eigenvalue weighted by Gasteiger charge is -2.35. The third-order valence-electron chi connectivity index (χ3n) is 5.96. The number of rotatable bonds is 6. The molecule has 33 heavy (non-hydrogen) atoms. The Kier molecular flexibility index (Phi) is 6.47. The van der Waals surface area contributed by atoms with Gasteiger partial charge in [0.25, 0.3) is 10.0 Å². The number of para-hydroxylation sites is 1. The number of fused-ring (bicyclic) bond motifs is 1. The van der Waals surface area contributed by atoms with E-state index < -0.39 is 10.0 Å². The molecule has 1 heterocycles. The van der Waals surface area contributed by atoms with Crippen LogP contribution in [0.15, 0.2) is 77.7 Å². The number of nitrogens with one attached hydrogen (secondary N) is 1. The molecule has 168 valence electrons. The van der Waals surface area contributed by atoms with Crippen molar-refractivity contribution in [3.8, 4) is 6.07 Å². The van der Waals surface area contributed by atoms with Gasteiger partial charge in [-0.25, -0.2) is 8.42 Å². The minimum Gasteiger partial charge on any atom is -0.310 e. The van der Waals surface area contributed by atoms with Gasteiger partial charge in [-0.1, -0.05) is 49.4 Å². The summed E-state index contributed by atoms with van der Waals surface area (Å²) in [6, 6.07) is 23.0. The lowest BCUT2D eigenvalue weighted by Crippen LogP contribution is -2.37. The zero-order valence-corrected chi connectivity index (χ0v) is 19.2. The number of amides is 1. The normalized spacial score (nSPS) is 15.4. The number of nitriles is 1. The van der Waals surface area contributed by atoms with Crippen LogP contribution < -0.4 is 9.62 Å². The summed E-state index contributed by atoms with van der Waals surface area (Å²) < 4.78 is 28.6. The van der Waals surface area contributed by atoms with Crippen molar-refractivity contribution >= 4 is 27.3 Å².